The summed E-state index contributed by atoms with van der Waals surface area (Å²) in [4.78, 5) is 26.8. The van der Waals surface area contributed by atoms with E-state index in [0.29, 0.717) is 23.5 Å². The third-order valence-corrected chi connectivity index (χ3v) is 5.66. The Morgan fingerprint density at radius 3 is 2.66 bits per heavy atom. The van der Waals surface area contributed by atoms with E-state index in [1.165, 1.54) is 29.0 Å². The van der Waals surface area contributed by atoms with Crippen LogP contribution in [0, 0.1) is 12.7 Å². The first-order valence-corrected chi connectivity index (χ1v) is 10.5. The molecule has 6 nitrogen and oxygen atoms in total. The van der Waals surface area contributed by atoms with E-state index in [2.05, 4.69) is 5.10 Å². The summed E-state index contributed by atoms with van der Waals surface area (Å²) in [6.07, 6.45) is 2.55. The number of hydrogen-bond acceptors (Lipinski definition) is 4. The van der Waals surface area contributed by atoms with Crippen LogP contribution in [0.4, 0.5) is 10.1 Å². The van der Waals surface area contributed by atoms with E-state index in [0.717, 1.165) is 17.7 Å². The van der Waals surface area contributed by atoms with Crippen molar-refractivity contribution < 1.29 is 18.7 Å². The summed E-state index contributed by atoms with van der Waals surface area (Å²) in [6.45, 7) is 3.86. The van der Waals surface area contributed by atoms with Crippen LogP contribution in [0.2, 0.25) is 5.15 Å². The number of nitrogens with zero attached hydrogens (tertiary/aromatic N) is 3. The minimum absolute atomic E-state index is 0.268. The van der Waals surface area contributed by atoms with Crippen LogP contribution >= 0.6 is 11.6 Å². The van der Waals surface area contributed by atoms with E-state index >= 15 is 0 Å². The molecule has 32 heavy (non-hydrogen) atoms. The van der Waals surface area contributed by atoms with E-state index in [1.807, 2.05) is 24.3 Å². The molecule has 8 heteroatoms. The number of ether oxygens (including phenoxy) is 1. The number of halogens is 2. The summed E-state index contributed by atoms with van der Waals surface area (Å²) in [6, 6.07) is 13.4. The molecule has 0 saturated heterocycles. The Balaban J connectivity index is 1.44. The maximum absolute atomic E-state index is 13.2. The molecule has 2 heterocycles. The number of benzene rings is 2. The average molecular weight is 454 g/mol. The van der Waals surface area contributed by atoms with Crippen molar-refractivity contribution in [1.29, 1.82) is 0 Å². The summed E-state index contributed by atoms with van der Waals surface area (Å²) in [5, 5.41) is 4.62. The van der Waals surface area contributed by atoms with Gasteiger partial charge in [0, 0.05) is 23.9 Å². The maximum Gasteiger partial charge on any atom is 0.331 e. The molecule has 1 aliphatic heterocycles. The lowest BCUT2D eigenvalue weighted by molar-refractivity contribution is -0.149. The lowest BCUT2D eigenvalue weighted by Gasteiger charge is -2.21. The van der Waals surface area contributed by atoms with E-state index < -0.39 is 12.1 Å². The average Bonchev–Trinajstić information content (AvgIpc) is 3.33. The molecule has 1 aromatic heterocycles. The standard InChI is InChI=1S/C24H21ClFN3O3/c1-15-20(23(25)29(27-15)19-9-7-18(26)8-10-19)11-12-22(30)32-16(2)24(31)28-14-13-17-5-3-4-6-21(17)28/h3-12,16H,13-14H2,1-2H3. The van der Waals surface area contributed by atoms with Crippen molar-refractivity contribution in [3.05, 3.63) is 82.4 Å². The van der Waals surface area contributed by atoms with Crippen molar-refractivity contribution in [3.63, 3.8) is 0 Å². The number of esters is 1. The number of aromatic nitrogens is 2. The molecule has 1 amide bonds. The number of carbonyl (C=O) groups is 2. The Morgan fingerprint density at radius 1 is 1.19 bits per heavy atom. The van der Waals surface area contributed by atoms with Gasteiger partial charge in [-0.05, 0) is 62.2 Å². The molecular weight excluding hydrogens is 433 g/mol. The second-order valence-corrected chi connectivity index (χ2v) is 7.82. The molecule has 0 N–H and O–H groups in total. The van der Waals surface area contributed by atoms with E-state index in [4.69, 9.17) is 16.3 Å². The van der Waals surface area contributed by atoms with Gasteiger partial charge in [-0.3, -0.25) is 4.79 Å². The van der Waals surface area contributed by atoms with Crippen molar-refractivity contribution in [1.82, 2.24) is 9.78 Å². The molecule has 0 bridgehead atoms. The Labute approximate surface area is 189 Å². The van der Waals surface area contributed by atoms with Gasteiger partial charge in [-0.15, -0.1) is 0 Å². The van der Waals surface area contributed by atoms with Crippen LogP contribution < -0.4 is 4.90 Å². The van der Waals surface area contributed by atoms with Gasteiger partial charge in [0.25, 0.3) is 5.91 Å². The fourth-order valence-electron chi connectivity index (χ4n) is 3.66. The molecule has 0 radical (unpaired) electrons. The quantitative estimate of drug-likeness (QED) is 0.421. The number of para-hydroxylation sites is 1. The van der Waals surface area contributed by atoms with Gasteiger partial charge in [-0.2, -0.15) is 5.10 Å². The summed E-state index contributed by atoms with van der Waals surface area (Å²) in [5.74, 6) is -1.30. The molecule has 3 aromatic rings. The van der Waals surface area contributed by atoms with E-state index in [-0.39, 0.29) is 16.9 Å². The third kappa shape index (κ3) is 4.29. The largest absolute Gasteiger partial charge is 0.449 e. The van der Waals surface area contributed by atoms with Crippen LogP contribution in [0.15, 0.2) is 54.6 Å². The lowest BCUT2D eigenvalue weighted by atomic mass is 10.2. The number of rotatable bonds is 5. The van der Waals surface area contributed by atoms with Crippen LogP contribution in [-0.4, -0.2) is 34.3 Å². The minimum Gasteiger partial charge on any atom is -0.449 e. The topological polar surface area (TPSA) is 64.4 Å². The third-order valence-electron chi connectivity index (χ3n) is 5.30. The predicted molar refractivity (Wildman–Crippen MR) is 120 cm³/mol. The van der Waals surface area contributed by atoms with Gasteiger partial charge >= 0.3 is 5.97 Å². The second-order valence-electron chi connectivity index (χ2n) is 7.46. The predicted octanol–water partition coefficient (Wildman–Crippen LogP) is 4.51. The Hall–Kier alpha value is -3.45. The maximum atomic E-state index is 13.2. The van der Waals surface area contributed by atoms with Gasteiger partial charge in [-0.25, -0.2) is 13.9 Å². The molecule has 0 spiro atoms. The zero-order chi connectivity index (χ0) is 22.8. The summed E-state index contributed by atoms with van der Waals surface area (Å²) < 4.78 is 20.0. The molecule has 1 atom stereocenters. The van der Waals surface area contributed by atoms with E-state index in [1.54, 1.807) is 30.9 Å². The SMILES string of the molecule is Cc1nn(-c2ccc(F)cc2)c(Cl)c1C=CC(=O)OC(C)C(=O)N1CCc2ccccc21. The van der Waals surface area contributed by atoms with Gasteiger partial charge < -0.3 is 9.64 Å². The van der Waals surface area contributed by atoms with Gasteiger partial charge in [0.15, 0.2) is 6.10 Å². The molecule has 0 fully saturated rings. The molecule has 164 valence electrons. The molecule has 2 aromatic carbocycles. The number of fused-ring (bicyclic) bond motifs is 1. The fourth-order valence-corrected chi connectivity index (χ4v) is 3.99. The van der Waals surface area contributed by atoms with Gasteiger partial charge in [0.2, 0.25) is 0 Å². The van der Waals surface area contributed by atoms with Gasteiger partial charge in [0.1, 0.15) is 11.0 Å². The molecule has 1 unspecified atom stereocenters. The van der Waals surface area contributed by atoms with Gasteiger partial charge in [0.05, 0.1) is 11.4 Å². The number of hydrogen-bond donors (Lipinski definition) is 0. The van der Waals surface area contributed by atoms with Crippen LogP contribution in [0.3, 0.4) is 0 Å². The highest BCUT2D eigenvalue weighted by molar-refractivity contribution is 6.31. The first kappa shape index (κ1) is 21.8. The summed E-state index contributed by atoms with van der Waals surface area (Å²) >= 11 is 6.42. The smallest absolute Gasteiger partial charge is 0.331 e. The Kier molecular flexibility index (Phi) is 6.10. The Morgan fingerprint density at radius 2 is 1.91 bits per heavy atom. The second kappa shape index (κ2) is 8.96. The fraction of sp³-hybridized carbons (Fsp3) is 0.208. The highest BCUT2D eigenvalue weighted by Gasteiger charge is 2.29. The van der Waals surface area contributed by atoms with Gasteiger partial charge in [-0.1, -0.05) is 29.8 Å². The molecular formula is C24H21ClFN3O3. The monoisotopic (exact) mass is 453 g/mol. The minimum atomic E-state index is -0.934. The number of carbonyl (C=O) groups excluding carboxylic acids is 2. The van der Waals surface area contributed by atoms with Crippen molar-refractivity contribution in [3.8, 4) is 5.69 Å². The van der Waals surface area contributed by atoms with Crippen molar-refractivity contribution in [2.24, 2.45) is 0 Å². The molecule has 0 aliphatic carbocycles. The zero-order valence-electron chi connectivity index (χ0n) is 17.6. The first-order chi connectivity index (χ1) is 15.3. The Bertz CT molecular complexity index is 1200. The molecule has 0 saturated carbocycles. The normalized spacial score (nSPS) is 13.9. The number of amides is 1. The first-order valence-electron chi connectivity index (χ1n) is 10.1. The molecule has 4 rings (SSSR count). The van der Waals surface area contributed by atoms with Crippen LogP contribution in [0.5, 0.6) is 0 Å². The van der Waals surface area contributed by atoms with E-state index in [9.17, 15) is 14.0 Å². The highest BCUT2D eigenvalue weighted by Crippen LogP contribution is 2.28. The van der Waals surface area contributed by atoms with Crippen LogP contribution in [-0.2, 0) is 20.7 Å². The summed E-state index contributed by atoms with van der Waals surface area (Å²) in [7, 11) is 0. The van der Waals surface area contributed by atoms with Crippen LogP contribution in [0.1, 0.15) is 23.7 Å². The van der Waals surface area contributed by atoms with Crippen molar-refractivity contribution in [2.45, 2.75) is 26.4 Å². The lowest BCUT2D eigenvalue weighted by Crippen LogP contribution is -2.38. The molecule has 1 aliphatic rings. The highest BCUT2D eigenvalue weighted by atomic mass is 35.5. The number of aryl methyl sites for hydroxylation is 1. The zero-order valence-corrected chi connectivity index (χ0v) is 18.3. The number of anilines is 1. The van der Waals surface area contributed by atoms with Crippen molar-refractivity contribution >= 4 is 35.2 Å². The van der Waals surface area contributed by atoms with Crippen molar-refractivity contribution in [2.75, 3.05) is 11.4 Å². The summed E-state index contributed by atoms with van der Waals surface area (Å²) in [5.41, 5.74) is 3.66. The van der Waals surface area contributed by atoms with Crippen LogP contribution in [0.25, 0.3) is 11.8 Å².